The third-order valence-corrected chi connectivity index (χ3v) is 4.37. The molecule has 0 aliphatic carbocycles. The summed E-state index contributed by atoms with van der Waals surface area (Å²) in [5.41, 5.74) is 1.42. The Hall–Kier alpha value is -1.24. The molecule has 0 aliphatic heterocycles. The largest absolute Gasteiger partial charge is 0.364 e. The molecule has 0 amide bonds. The van der Waals surface area contributed by atoms with Crippen LogP contribution in [0.25, 0.3) is 10.8 Å². The summed E-state index contributed by atoms with van der Waals surface area (Å²) in [5.74, 6) is 0.644. The summed E-state index contributed by atoms with van der Waals surface area (Å²) < 4.78 is 0. The van der Waals surface area contributed by atoms with E-state index in [0.717, 1.165) is 0 Å². The number of rotatable bonds is 9. The highest BCUT2D eigenvalue weighted by Gasteiger charge is 2.10. The highest BCUT2D eigenvalue weighted by molar-refractivity contribution is 5.85. The lowest BCUT2D eigenvalue weighted by molar-refractivity contribution is 0.547. The number of aromatic amines is 1. The van der Waals surface area contributed by atoms with Gasteiger partial charge in [0.05, 0.1) is 0 Å². The molecule has 0 bridgehead atoms. The zero-order valence-corrected chi connectivity index (χ0v) is 13.1. The first kappa shape index (κ1) is 15.2. The number of fused-ring (bicyclic) bond motifs is 1. The maximum Gasteiger partial charge on any atom is 0.0255 e. The van der Waals surface area contributed by atoms with E-state index in [1.54, 1.807) is 0 Å². The molecule has 1 aromatic heterocycles. The fourth-order valence-corrected chi connectivity index (χ4v) is 3.06. The van der Waals surface area contributed by atoms with Crippen LogP contribution in [0.5, 0.6) is 0 Å². The SMILES string of the molecule is CCCCCCCCCC(C)c1[nH]cc2ccccc12. The van der Waals surface area contributed by atoms with Gasteiger partial charge in [-0.25, -0.2) is 0 Å². The summed E-state index contributed by atoms with van der Waals surface area (Å²) in [6.45, 7) is 4.64. The Morgan fingerprint density at radius 3 is 2.45 bits per heavy atom. The van der Waals surface area contributed by atoms with Crippen molar-refractivity contribution in [2.75, 3.05) is 0 Å². The quantitative estimate of drug-likeness (QED) is 0.507. The highest BCUT2D eigenvalue weighted by Crippen LogP contribution is 2.28. The molecule has 110 valence electrons. The van der Waals surface area contributed by atoms with E-state index in [1.165, 1.54) is 67.8 Å². The molecule has 20 heavy (non-hydrogen) atoms. The first-order valence-electron chi connectivity index (χ1n) is 8.39. The molecule has 1 aromatic carbocycles. The predicted octanol–water partition coefficient (Wildman–Crippen LogP) is 6.41. The van der Waals surface area contributed by atoms with Crippen LogP contribution >= 0.6 is 0 Å². The second-order valence-electron chi connectivity index (χ2n) is 6.10. The van der Waals surface area contributed by atoms with Crippen LogP contribution < -0.4 is 0 Å². The van der Waals surface area contributed by atoms with Crippen molar-refractivity contribution in [1.82, 2.24) is 4.98 Å². The summed E-state index contributed by atoms with van der Waals surface area (Å²) in [7, 11) is 0. The predicted molar refractivity (Wildman–Crippen MR) is 89.3 cm³/mol. The molecule has 0 aliphatic rings. The van der Waals surface area contributed by atoms with Crippen molar-refractivity contribution in [1.29, 1.82) is 0 Å². The topological polar surface area (TPSA) is 15.8 Å². The number of hydrogen-bond acceptors (Lipinski definition) is 0. The summed E-state index contributed by atoms with van der Waals surface area (Å²) in [6, 6.07) is 8.68. The lowest BCUT2D eigenvalue weighted by Crippen LogP contribution is -1.94. The van der Waals surface area contributed by atoms with E-state index < -0.39 is 0 Å². The molecule has 1 unspecified atom stereocenters. The fraction of sp³-hybridized carbons (Fsp3) is 0.579. The Morgan fingerprint density at radius 1 is 0.950 bits per heavy atom. The van der Waals surface area contributed by atoms with Gasteiger partial charge in [-0.1, -0.05) is 83.1 Å². The Kier molecular flexibility index (Phi) is 6.17. The molecule has 2 rings (SSSR count). The van der Waals surface area contributed by atoms with E-state index in [4.69, 9.17) is 0 Å². The van der Waals surface area contributed by atoms with Gasteiger partial charge in [0.15, 0.2) is 0 Å². The van der Waals surface area contributed by atoms with Crippen LogP contribution in [-0.2, 0) is 0 Å². The summed E-state index contributed by atoms with van der Waals surface area (Å²) in [5, 5.41) is 2.75. The van der Waals surface area contributed by atoms with Crippen molar-refractivity contribution in [3.63, 3.8) is 0 Å². The first-order chi connectivity index (χ1) is 9.83. The smallest absolute Gasteiger partial charge is 0.0255 e. The monoisotopic (exact) mass is 271 g/mol. The fourth-order valence-electron chi connectivity index (χ4n) is 3.06. The van der Waals surface area contributed by atoms with Gasteiger partial charge in [0.25, 0.3) is 0 Å². The van der Waals surface area contributed by atoms with Crippen LogP contribution in [0.4, 0.5) is 0 Å². The highest BCUT2D eigenvalue weighted by atomic mass is 14.7. The van der Waals surface area contributed by atoms with E-state index in [1.807, 2.05) is 0 Å². The van der Waals surface area contributed by atoms with Crippen molar-refractivity contribution in [2.24, 2.45) is 0 Å². The average Bonchev–Trinajstić information content (AvgIpc) is 2.90. The number of hydrogen-bond donors (Lipinski definition) is 1. The van der Waals surface area contributed by atoms with E-state index >= 15 is 0 Å². The molecule has 0 saturated heterocycles. The van der Waals surface area contributed by atoms with E-state index in [0.29, 0.717) is 5.92 Å². The van der Waals surface area contributed by atoms with Gasteiger partial charge in [-0.15, -0.1) is 0 Å². The van der Waals surface area contributed by atoms with Gasteiger partial charge in [-0.2, -0.15) is 0 Å². The molecule has 0 fully saturated rings. The maximum absolute atomic E-state index is 3.48. The van der Waals surface area contributed by atoms with Gasteiger partial charge in [0.2, 0.25) is 0 Å². The lowest BCUT2D eigenvalue weighted by Gasteiger charge is -2.10. The minimum atomic E-state index is 0.644. The zero-order chi connectivity index (χ0) is 14.2. The molecule has 0 spiro atoms. The molecule has 1 N–H and O–H groups in total. The number of aromatic nitrogens is 1. The van der Waals surface area contributed by atoms with Crippen molar-refractivity contribution >= 4 is 10.8 Å². The van der Waals surface area contributed by atoms with Gasteiger partial charge in [-0.05, 0) is 17.7 Å². The van der Waals surface area contributed by atoms with Crippen LogP contribution in [0.1, 0.15) is 76.8 Å². The first-order valence-corrected chi connectivity index (χ1v) is 8.39. The van der Waals surface area contributed by atoms with Crippen molar-refractivity contribution in [2.45, 2.75) is 71.1 Å². The molecule has 2 aromatic rings. The third kappa shape index (κ3) is 4.13. The summed E-state index contributed by atoms with van der Waals surface area (Å²) in [6.07, 6.45) is 13.2. The molecule has 0 saturated carbocycles. The van der Waals surface area contributed by atoms with Gasteiger partial charge < -0.3 is 4.98 Å². The molecular formula is C19H29N. The van der Waals surface area contributed by atoms with Gasteiger partial charge in [0.1, 0.15) is 0 Å². The van der Waals surface area contributed by atoms with Gasteiger partial charge >= 0.3 is 0 Å². The van der Waals surface area contributed by atoms with Crippen LogP contribution in [0, 0.1) is 0 Å². The summed E-state index contributed by atoms with van der Waals surface area (Å²) >= 11 is 0. The Labute approximate surface area is 123 Å². The van der Waals surface area contributed by atoms with E-state index in [9.17, 15) is 0 Å². The van der Waals surface area contributed by atoms with Crippen LogP contribution in [-0.4, -0.2) is 4.98 Å². The lowest BCUT2D eigenvalue weighted by atomic mass is 9.96. The molecule has 1 heterocycles. The minimum Gasteiger partial charge on any atom is -0.364 e. The number of benzene rings is 1. The van der Waals surface area contributed by atoms with Gasteiger partial charge in [0, 0.05) is 17.3 Å². The van der Waals surface area contributed by atoms with Crippen LogP contribution in [0.15, 0.2) is 30.5 Å². The molecule has 0 radical (unpaired) electrons. The molecule has 1 nitrogen and oxygen atoms in total. The molecule has 1 atom stereocenters. The standard InChI is InChI=1S/C19H29N/c1-3-4-5-6-7-8-9-12-16(2)19-18-14-11-10-13-17(18)15-20-19/h10-11,13-16,20H,3-9,12H2,1-2H3. The normalized spacial score (nSPS) is 12.9. The van der Waals surface area contributed by atoms with Crippen molar-refractivity contribution in [3.05, 3.63) is 36.2 Å². The Morgan fingerprint density at radius 2 is 1.65 bits per heavy atom. The summed E-state index contributed by atoms with van der Waals surface area (Å²) in [4.78, 5) is 3.48. The Bertz CT molecular complexity index is 497. The molecular weight excluding hydrogens is 242 g/mol. The second kappa shape index (κ2) is 8.14. The Balaban J connectivity index is 1.73. The average molecular weight is 271 g/mol. The molecule has 1 heteroatoms. The van der Waals surface area contributed by atoms with E-state index in [2.05, 4.69) is 49.3 Å². The maximum atomic E-state index is 3.48. The number of H-pyrrole nitrogens is 1. The van der Waals surface area contributed by atoms with Crippen molar-refractivity contribution < 1.29 is 0 Å². The van der Waals surface area contributed by atoms with Crippen LogP contribution in [0.3, 0.4) is 0 Å². The number of nitrogens with one attached hydrogen (secondary N) is 1. The minimum absolute atomic E-state index is 0.644. The second-order valence-corrected chi connectivity index (χ2v) is 6.10. The van der Waals surface area contributed by atoms with Crippen molar-refractivity contribution in [3.8, 4) is 0 Å². The third-order valence-electron chi connectivity index (χ3n) is 4.37. The van der Waals surface area contributed by atoms with E-state index in [-0.39, 0.29) is 0 Å². The number of unbranched alkanes of at least 4 members (excludes halogenated alkanes) is 6. The zero-order valence-electron chi connectivity index (χ0n) is 13.1. The van der Waals surface area contributed by atoms with Gasteiger partial charge in [-0.3, -0.25) is 0 Å². The van der Waals surface area contributed by atoms with Crippen LogP contribution in [0.2, 0.25) is 0 Å².